The maximum Gasteiger partial charge on any atom is 0.416 e. The van der Waals surface area contributed by atoms with Crippen LogP contribution in [0.5, 0.6) is 0 Å². The molecular weight excluding hydrogens is 433 g/mol. The molecule has 3 nitrogen and oxygen atoms in total. The predicted octanol–water partition coefficient (Wildman–Crippen LogP) is 5.49. The van der Waals surface area contributed by atoms with Crippen molar-refractivity contribution in [2.24, 2.45) is 5.92 Å². The van der Waals surface area contributed by atoms with Gasteiger partial charge in [-0.1, -0.05) is 30.3 Å². The Morgan fingerprint density at radius 2 is 1.75 bits per heavy atom. The van der Waals surface area contributed by atoms with Crippen molar-refractivity contribution in [1.29, 1.82) is 0 Å². The Kier molecular flexibility index (Phi) is 7.97. The molecule has 0 saturated heterocycles. The molecule has 0 fully saturated rings. The summed E-state index contributed by atoms with van der Waals surface area (Å²) in [5, 5.41) is 14.0. The summed E-state index contributed by atoms with van der Waals surface area (Å²) >= 11 is 1.21. The highest BCUT2D eigenvalue weighted by atomic mass is 32.2. The summed E-state index contributed by atoms with van der Waals surface area (Å²) in [6, 6.07) is 12.9. The number of rotatable bonds is 9. The second-order valence-electron chi connectivity index (χ2n) is 9.54. The zero-order valence-electron chi connectivity index (χ0n) is 19.2. The number of hydrogen-bond acceptors (Lipinski definition) is 4. The first-order valence-electron chi connectivity index (χ1n) is 11.0. The van der Waals surface area contributed by atoms with Crippen LogP contribution in [-0.2, 0) is 19.0 Å². The molecule has 176 valence electrons. The summed E-state index contributed by atoms with van der Waals surface area (Å²) < 4.78 is 41.2. The maximum atomic E-state index is 13.1. The number of benzene rings is 2. The number of nitrogens with zero attached hydrogens (tertiary/aromatic N) is 1. The molecule has 32 heavy (non-hydrogen) atoms. The molecule has 1 aliphatic rings. The average molecular weight is 467 g/mol. The molecule has 2 aromatic rings. The maximum absolute atomic E-state index is 13.1. The molecule has 0 heterocycles. The fourth-order valence-corrected chi connectivity index (χ4v) is 5.43. The first-order chi connectivity index (χ1) is 14.9. The summed E-state index contributed by atoms with van der Waals surface area (Å²) in [7, 11) is 1.78. The van der Waals surface area contributed by atoms with E-state index < -0.39 is 17.8 Å². The summed E-state index contributed by atoms with van der Waals surface area (Å²) in [5.74, 6) is 0.592. The highest BCUT2D eigenvalue weighted by Gasteiger charge is 2.33. The first-order valence-corrected chi connectivity index (χ1v) is 11.8. The number of fused-ring (bicyclic) bond motifs is 1. The number of aliphatic hydroxyl groups is 1. The van der Waals surface area contributed by atoms with Crippen LogP contribution in [0.3, 0.4) is 0 Å². The van der Waals surface area contributed by atoms with E-state index in [-0.39, 0.29) is 11.1 Å². The first kappa shape index (κ1) is 25.1. The van der Waals surface area contributed by atoms with Gasteiger partial charge in [0.05, 0.1) is 11.7 Å². The van der Waals surface area contributed by atoms with Gasteiger partial charge in [0.2, 0.25) is 0 Å². The lowest BCUT2D eigenvalue weighted by Gasteiger charge is -2.31. The number of aliphatic hydroxyl groups excluding tert-OH is 1. The van der Waals surface area contributed by atoms with Gasteiger partial charge in [-0.2, -0.15) is 13.2 Å². The average Bonchev–Trinajstić information content (AvgIpc) is 3.08. The topological polar surface area (TPSA) is 35.5 Å². The second-order valence-corrected chi connectivity index (χ2v) is 10.8. The number of halogens is 3. The Morgan fingerprint density at radius 1 is 1.12 bits per heavy atom. The number of β-amino-alcohol motifs (C(OH)–C–C–N with tert-alkyl or cyclic N) is 1. The Labute approximate surface area is 193 Å². The molecule has 2 N–H and O–H groups in total. The highest BCUT2D eigenvalue weighted by Crippen LogP contribution is 2.35. The van der Waals surface area contributed by atoms with Crippen LogP contribution < -0.4 is 5.32 Å². The van der Waals surface area contributed by atoms with Gasteiger partial charge in [0, 0.05) is 23.5 Å². The predicted molar refractivity (Wildman–Crippen MR) is 125 cm³/mol. The van der Waals surface area contributed by atoms with Gasteiger partial charge in [0.15, 0.2) is 0 Å². The normalized spacial score (nSPS) is 15.9. The third kappa shape index (κ3) is 6.98. The van der Waals surface area contributed by atoms with Crippen LogP contribution in [-0.4, -0.2) is 41.2 Å². The van der Waals surface area contributed by atoms with E-state index in [1.807, 2.05) is 0 Å². The van der Waals surface area contributed by atoms with Crippen molar-refractivity contribution in [3.63, 3.8) is 0 Å². The standard InChI is InChI=1S/C25H33F3N2OS/c1-17-9-10-22(13-23(17)25(26,27)28)32-30(4)16-21(31)15-29-24(2,3)14-18-11-19-7-5-6-8-20(19)12-18/h5-10,13,18,21,29,31H,11-12,14-16H2,1-4H3/t21-/m1/s1. The lowest BCUT2D eigenvalue weighted by Crippen LogP contribution is -2.46. The minimum Gasteiger partial charge on any atom is -0.390 e. The lowest BCUT2D eigenvalue weighted by molar-refractivity contribution is -0.138. The number of likely N-dealkylation sites (N-methyl/N-ethyl adjacent to an activating group) is 1. The molecule has 0 aromatic heterocycles. The number of aryl methyl sites for hydroxylation is 1. The van der Waals surface area contributed by atoms with Crippen molar-refractivity contribution >= 4 is 11.9 Å². The van der Waals surface area contributed by atoms with Crippen molar-refractivity contribution in [2.75, 3.05) is 20.1 Å². The van der Waals surface area contributed by atoms with Crippen molar-refractivity contribution in [2.45, 2.75) is 62.7 Å². The SMILES string of the molecule is Cc1ccc(SN(C)C[C@H](O)CNC(C)(C)CC2Cc3ccccc3C2)cc1C(F)(F)F. The third-order valence-corrected chi connectivity index (χ3v) is 6.92. The van der Waals surface area contributed by atoms with Gasteiger partial charge < -0.3 is 10.4 Å². The molecule has 0 bridgehead atoms. The summed E-state index contributed by atoms with van der Waals surface area (Å²) in [4.78, 5) is 0.506. The Hall–Kier alpha value is -1.54. The molecular formula is C25H33F3N2OS. The van der Waals surface area contributed by atoms with Gasteiger partial charge in [-0.3, -0.25) is 0 Å². The lowest BCUT2D eigenvalue weighted by atomic mass is 9.88. The summed E-state index contributed by atoms with van der Waals surface area (Å²) in [6.07, 6.45) is -1.78. The number of hydrogen-bond donors (Lipinski definition) is 2. The van der Waals surface area contributed by atoms with E-state index in [0.717, 1.165) is 19.3 Å². The van der Waals surface area contributed by atoms with E-state index in [1.54, 1.807) is 17.4 Å². The van der Waals surface area contributed by atoms with Crippen LogP contribution in [0, 0.1) is 12.8 Å². The highest BCUT2D eigenvalue weighted by molar-refractivity contribution is 7.97. The fourth-order valence-electron chi connectivity index (χ4n) is 4.52. The van der Waals surface area contributed by atoms with Crippen molar-refractivity contribution in [3.8, 4) is 0 Å². The van der Waals surface area contributed by atoms with Crippen LogP contribution in [0.15, 0.2) is 47.4 Å². The molecule has 2 aromatic carbocycles. The zero-order valence-corrected chi connectivity index (χ0v) is 20.0. The minimum absolute atomic E-state index is 0.113. The van der Waals surface area contributed by atoms with Gasteiger partial charge in [0.25, 0.3) is 0 Å². The molecule has 0 saturated carbocycles. The van der Waals surface area contributed by atoms with Gasteiger partial charge in [-0.25, -0.2) is 4.31 Å². The third-order valence-electron chi connectivity index (χ3n) is 5.99. The van der Waals surface area contributed by atoms with Crippen LogP contribution in [0.2, 0.25) is 0 Å². The molecule has 7 heteroatoms. The van der Waals surface area contributed by atoms with Crippen molar-refractivity contribution < 1.29 is 18.3 Å². The quantitative estimate of drug-likeness (QED) is 0.479. The van der Waals surface area contributed by atoms with E-state index >= 15 is 0 Å². The smallest absolute Gasteiger partial charge is 0.390 e. The second kappa shape index (κ2) is 10.2. The Morgan fingerprint density at radius 3 is 2.34 bits per heavy atom. The Bertz CT molecular complexity index is 891. The monoisotopic (exact) mass is 466 g/mol. The van der Waals surface area contributed by atoms with E-state index in [1.165, 1.54) is 42.1 Å². The zero-order chi connectivity index (χ0) is 23.5. The molecule has 1 atom stereocenters. The van der Waals surface area contributed by atoms with Gasteiger partial charge in [-0.05, 0) is 93.8 Å². The fraction of sp³-hybridized carbons (Fsp3) is 0.520. The van der Waals surface area contributed by atoms with Crippen LogP contribution in [0.4, 0.5) is 13.2 Å². The number of nitrogens with one attached hydrogen (secondary N) is 1. The van der Waals surface area contributed by atoms with Crippen LogP contribution >= 0.6 is 11.9 Å². The van der Waals surface area contributed by atoms with Gasteiger partial charge in [0.1, 0.15) is 0 Å². The van der Waals surface area contributed by atoms with E-state index in [0.29, 0.717) is 23.9 Å². The minimum atomic E-state index is -4.37. The molecule has 0 radical (unpaired) electrons. The molecule has 1 aliphatic carbocycles. The van der Waals surface area contributed by atoms with E-state index in [9.17, 15) is 18.3 Å². The van der Waals surface area contributed by atoms with Gasteiger partial charge in [-0.15, -0.1) is 0 Å². The van der Waals surface area contributed by atoms with Crippen molar-refractivity contribution in [1.82, 2.24) is 9.62 Å². The summed E-state index contributed by atoms with van der Waals surface area (Å²) in [6.45, 7) is 6.55. The van der Waals surface area contributed by atoms with Crippen molar-refractivity contribution in [3.05, 3.63) is 64.7 Å². The van der Waals surface area contributed by atoms with E-state index in [4.69, 9.17) is 0 Å². The van der Waals surface area contributed by atoms with Gasteiger partial charge >= 0.3 is 6.18 Å². The largest absolute Gasteiger partial charge is 0.416 e. The molecule has 0 amide bonds. The number of alkyl halides is 3. The molecule has 0 spiro atoms. The van der Waals surface area contributed by atoms with E-state index in [2.05, 4.69) is 43.4 Å². The van der Waals surface area contributed by atoms with Crippen LogP contribution in [0.1, 0.15) is 42.5 Å². The summed E-state index contributed by atoms with van der Waals surface area (Å²) in [5.41, 5.74) is 2.36. The molecule has 0 aliphatic heterocycles. The molecule has 3 rings (SSSR count). The Balaban J connectivity index is 1.45. The van der Waals surface area contributed by atoms with Crippen LogP contribution in [0.25, 0.3) is 0 Å². The molecule has 0 unspecified atom stereocenters.